The molecule has 0 spiro atoms. The highest BCUT2D eigenvalue weighted by Crippen LogP contribution is 2.23. The molecular formula is C30H37F2N5O5. The maximum absolute atomic E-state index is 13.8. The second kappa shape index (κ2) is 17.2. The number of aliphatic imine (C=N–C) groups is 1. The van der Waals surface area contributed by atoms with Gasteiger partial charge in [-0.15, -0.1) is 0 Å². The number of nitrogens with zero attached hydrogens (tertiary/aromatic N) is 2. The molecule has 0 radical (unpaired) electrons. The molecule has 12 heteroatoms. The molecule has 1 aliphatic rings. The van der Waals surface area contributed by atoms with Gasteiger partial charge < -0.3 is 25.9 Å². The molecule has 1 aromatic carbocycles. The number of halogens is 2. The van der Waals surface area contributed by atoms with Crippen LogP contribution in [0, 0.1) is 11.6 Å². The summed E-state index contributed by atoms with van der Waals surface area (Å²) in [4.78, 5) is 41.8. The first-order chi connectivity index (χ1) is 20.2. The van der Waals surface area contributed by atoms with Crippen LogP contribution in [0.25, 0.3) is 0 Å². The Hall–Kier alpha value is -4.74. The summed E-state index contributed by atoms with van der Waals surface area (Å²) < 4.78 is 33.3. The van der Waals surface area contributed by atoms with Crippen LogP contribution < -0.4 is 21.5 Å². The van der Waals surface area contributed by atoms with E-state index in [1.807, 2.05) is 45.1 Å². The van der Waals surface area contributed by atoms with Crippen molar-refractivity contribution in [3.63, 3.8) is 0 Å². The fourth-order valence-electron chi connectivity index (χ4n) is 3.82. The zero-order chi connectivity index (χ0) is 31.1. The van der Waals surface area contributed by atoms with E-state index in [9.17, 15) is 28.3 Å². The van der Waals surface area contributed by atoms with Crippen LogP contribution in [-0.4, -0.2) is 54.6 Å². The van der Waals surface area contributed by atoms with Crippen LogP contribution in [0.15, 0.2) is 69.8 Å². The van der Waals surface area contributed by atoms with E-state index in [-0.39, 0.29) is 24.3 Å². The number of allylic oxidation sites excluding steroid dienone is 4. The number of amides is 2. The summed E-state index contributed by atoms with van der Waals surface area (Å²) in [5.74, 6) is -3.35. The average Bonchev–Trinajstić information content (AvgIpc) is 3.44. The van der Waals surface area contributed by atoms with Gasteiger partial charge in [-0.05, 0) is 51.0 Å². The molecule has 10 nitrogen and oxygen atoms in total. The van der Waals surface area contributed by atoms with E-state index >= 15 is 0 Å². The second-order valence-corrected chi connectivity index (χ2v) is 8.78. The fraction of sp³-hybridized carbons (Fsp3) is 0.333. The van der Waals surface area contributed by atoms with Gasteiger partial charge in [0, 0.05) is 57.1 Å². The maximum Gasteiger partial charge on any atom is 0.273 e. The van der Waals surface area contributed by atoms with Crippen LogP contribution in [0.5, 0.6) is 5.75 Å². The van der Waals surface area contributed by atoms with Crippen molar-refractivity contribution in [3.05, 3.63) is 98.7 Å². The molecule has 3 rings (SSSR count). The van der Waals surface area contributed by atoms with E-state index < -0.39 is 40.2 Å². The molecule has 0 atom stereocenters. The minimum absolute atomic E-state index is 0.00888. The summed E-state index contributed by atoms with van der Waals surface area (Å²) in [7, 11) is 1.43. The van der Waals surface area contributed by atoms with Crippen molar-refractivity contribution in [2.24, 2.45) is 4.99 Å². The lowest BCUT2D eigenvalue weighted by Crippen LogP contribution is -2.35. The Morgan fingerprint density at radius 3 is 2.60 bits per heavy atom. The van der Waals surface area contributed by atoms with E-state index in [4.69, 9.17) is 4.74 Å². The Balaban J connectivity index is 0.000000782. The van der Waals surface area contributed by atoms with Gasteiger partial charge in [0.2, 0.25) is 5.43 Å². The molecule has 2 heterocycles. The van der Waals surface area contributed by atoms with Crippen molar-refractivity contribution < 1.29 is 28.2 Å². The number of rotatable bonds is 10. The molecule has 1 aliphatic heterocycles. The molecule has 1 fully saturated rings. The maximum atomic E-state index is 13.8. The molecule has 0 aliphatic carbocycles. The van der Waals surface area contributed by atoms with Gasteiger partial charge in [0.1, 0.15) is 23.0 Å². The number of hydrogen-bond acceptors (Lipinski definition) is 7. The zero-order valence-corrected chi connectivity index (χ0v) is 24.2. The molecule has 0 saturated carbocycles. The van der Waals surface area contributed by atoms with Crippen molar-refractivity contribution >= 4 is 18.0 Å². The predicted octanol–water partition coefficient (Wildman–Crippen LogP) is 3.96. The van der Waals surface area contributed by atoms with Crippen molar-refractivity contribution in [2.45, 2.75) is 40.2 Å². The fourth-order valence-corrected chi connectivity index (χ4v) is 3.82. The molecule has 0 bridgehead atoms. The number of carbonyl (C=O) groups is 2. The third-order valence-corrected chi connectivity index (χ3v) is 5.93. The summed E-state index contributed by atoms with van der Waals surface area (Å²) >= 11 is 0. The number of hydrogen-bond donors (Lipinski definition) is 4. The third-order valence-electron chi connectivity index (χ3n) is 5.93. The number of benzene rings is 1. The van der Waals surface area contributed by atoms with Gasteiger partial charge in [0.25, 0.3) is 11.8 Å². The Morgan fingerprint density at radius 2 is 1.95 bits per heavy atom. The monoisotopic (exact) mass is 585 g/mol. The lowest BCUT2D eigenvalue weighted by Gasteiger charge is -2.16. The molecule has 4 N–H and O–H groups in total. The molecule has 1 aromatic heterocycles. The second-order valence-electron chi connectivity index (χ2n) is 8.78. The largest absolute Gasteiger partial charge is 0.502 e. The summed E-state index contributed by atoms with van der Waals surface area (Å²) in [5, 5.41) is 15.4. The Morgan fingerprint density at radius 1 is 1.19 bits per heavy atom. The summed E-state index contributed by atoms with van der Waals surface area (Å²) in [6.45, 7) is 7.27. The van der Waals surface area contributed by atoms with Gasteiger partial charge in [-0.3, -0.25) is 24.1 Å². The first kappa shape index (κ1) is 33.5. The van der Waals surface area contributed by atoms with Gasteiger partial charge in [0.15, 0.2) is 11.4 Å². The van der Waals surface area contributed by atoms with Gasteiger partial charge in [-0.2, -0.15) is 0 Å². The van der Waals surface area contributed by atoms with Crippen LogP contribution in [0.1, 0.15) is 60.0 Å². The lowest BCUT2D eigenvalue weighted by molar-refractivity contribution is 0.0929. The van der Waals surface area contributed by atoms with Crippen LogP contribution >= 0.6 is 0 Å². The lowest BCUT2D eigenvalue weighted by atomic mass is 10.1. The summed E-state index contributed by atoms with van der Waals surface area (Å²) in [6.07, 6.45) is 11.9. The predicted molar refractivity (Wildman–Crippen MR) is 158 cm³/mol. The van der Waals surface area contributed by atoms with Crippen LogP contribution in [0.3, 0.4) is 0 Å². The van der Waals surface area contributed by atoms with Crippen molar-refractivity contribution in [1.29, 1.82) is 0 Å². The molecule has 1 saturated heterocycles. The highest BCUT2D eigenvalue weighted by Gasteiger charge is 2.24. The number of aromatic nitrogens is 1. The molecule has 42 heavy (non-hydrogen) atoms. The smallest absolute Gasteiger partial charge is 0.273 e. The number of aromatic hydroxyl groups is 1. The minimum atomic E-state index is -1.07. The van der Waals surface area contributed by atoms with E-state index in [1.165, 1.54) is 7.05 Å². The minimum Gasteiger partial charge on any atom is -0.502 e. The molecular weight excluding hydrogens is 548 g/mol. The molecule has 0 unspecified atom stereocenters. The highest BCUT2D eigenvalue weighted by molar-refractivity contribution is 5.98. The van der Waals surface area contributed by atoms with Crippen LogP contribution in [0.2, 0.25) is 0 Å². The van der Waals surface area contributed by atoms with Crippen molar-refractivity contribution in [2.75, 3.05) is 32.2 Å². The van der Waals surface area contributed by atoms with Gasteiger partial charge in [-0.1, -0.05) is 18.2 Å². The van der Waals surface area contributed by atoms with Crippen LogP contribution in [-0.2, 0) is 11.3 Å². The highest BCUT2D eigenvalue weighted by atomic mass is 19.1. The van der Waals surface area contributed by atoms with E-state index in [2.05, 4.69) is 21.1 Å². The first-order valence-corrected chi connectivity index (χ1v) is 13.4. The quantitative estimate of drug-likeness (QED) is 0.246. The Kier molecular flexibility index (Phi) is 13.7. The number of ether oxygens (including phenoxy) is 1. The molecule has 2 aromatic rings. The van der Waals surface area contributed by atoms with Crippen molar-refractivity contribution in [3.8, 4) is 5.75 Å². The normalized spacial score (nSPS) is 14.6. The summed E-state index contributed by atoms with van der Waals surface area (Å²) in [5.41, 5.74) is 1.76. The van der Waals surface area contributed by atoms with E-state index in [1.54, 1.807) is 6.21 Å². The molecule has 226 valence electrons. The number of nitrogens with one attached hydrogen (secondary N) is 3. The van der Waals surface area contributed by atoms with Crippen molar-refractivity contribution in [1.82, 2.24) is 15.3 Å². The topological polar surface area (TPSA) is 134 Å². The Labute approximate surface area is 243 Å². The van der Waals surface area contributed by atoms with Crippen LogP contribution in [0.4, 0.5) is 8.78 Å². The number of carbonyl (C=O) groups excluding carboxylic acids is 2. The summed E-state index contributed by atoms with van der Waals surface area (Å²) in [6, 6.07) is 2.87. The Bertz CT molecular complexity index is 1430. The van der Waals surface area contributed by atoms with E-state index in [0.29, 0.717) is 19.1 Å². The standard InChI is InChI=1S/C24H26F2N4O5.C6H11N/c1-3-19-14(8-10-35-19)5-4-9-28-24(34)20-22(32)21(31)17(13-30(20)27-2)23(33)29-12-15-6-7-16(25)11-18(15)26;1-3-5-6-7-4-2/h3,5-7,11,13,27,32H,4,8-10,12H2,1-2H3,(H,28,34)(H,29,33);3,5-6H,4H2,1-2H3/b14-5-,19-3+;5-3-,7-6?. The van der Waals surface area contributed by atoms with Gasteiger partial charge >= 0.3 is 0 Å². The van der Waals surface area contributed by atoms with E-state index in [0.717, 1.165) is 47.3 Å². The average molecular weight is 586 g/mol. The zero-order valence-electron chi connectivity index (χ0n) is 24.2. The number of pyridine rings is 1. The molecule has 2 amide bonds. The van der Waals surface area contributed by atoms with Gasteiger partial charge in [0.05, 0.1) is 6.61 Å². The SMILES string of the molecule is C/C=C1/OCC/C1=C/CCNC(=O)c1c(O)c(=O)c(C(=O)NCc2ccc(F)cc2F)cn1NC.C/C=C\C=NCC. The van der Waals surface area contributed by atoms with Gasteiger partial charge in [-0.25, -0.2) is 8.78 Å². The third kappa shape index (κ3) is 9.43. The first-order valence-electron chi connectivity index (χ1n) is 13.4.